The summed E-state index contributed by atoms with van der Waals surface area (Å²) in [5.74, 6) is -0.908. The van der Waals surface area contributed by atoms with E-state index >= 15 is 0 Å². The van der Waals surface area contributed by atoms with Gasteiger partial charge >= 0.3 is 0 Å². The van der Waals surface area contributed by atoms with Gasteiger partial charge in [-0.25, -0.2) is 4.98 Å². The van der Waals surface area contributed by atoms with E-state index in [0.717, 1.165) is 50.3 Å². The number of carbonyl (C=O) groups is 2. The Kier molecular flexibility index (Phi) is 4.56. The first-order valence-electron chi connectivity index (χ1n) is 9.86. The van der Waals surface area contributed by atoms with Crippen molar-refractivity contribution >= 4 is 55.4 Å². The lowest BCUT2D eigenvalue weighted by molar-refractivity contribution is 0.100. The quantitative estimate of drug-likeness (QED) is 0.423. The van der Waals surface area contributed by atoms with E-state index in [4.69, 9.17) is 11.5 Å². The molecule has 5 N–H and O–H groups in total. The number of amides is 2. The van der Waals surface area contributed by atoms with Crippen molar-refractivity contribution in [3.8, 4) is 11.1 Å². The zero-order valence-corrected chi connectivity index (χ0v) is 18.7. The number of pyridine rings is 1. The second-order valence-electron chi connectivity index (χ2n) is 7.69. The Labute approximate surface area is 186 Å². The molecule has 1 aliphatic carbocycles. The van der Waals surface area contributed by atoms with Gasteiger partial charge in [0.15, 0.2) is 0 Å². The number of aryl methyl sites for hydroxylation is 4. The summed E-state index contributed by atoms with van der Waals surface area (Å²) >= 11 is 2.67. The first kappa shape index (κ1) is 19.7. The minimum Gasteiger partial charge on any atom is -0.397 e. The first-order valence-corrected chi connectivity index (χ1v) is 11.5. The molecule has 3 heterocycles. The van der Waals surface area contributed by atoms with Crippen LogP contribution in [0.1, 0.15) is 41.7 Å². The molecule has 0 spiro atoms. The highest BCUT2D eigenvalue weighted by Gasteiger charge is 2.29. The summed E-state index contributed by atoms with van der Waals surface area (Å²) in [5, 5.41) is 4.18. The molecule has 1 aliphatic rings. The predicted octanol–water partition coefficient (Wildman–Crippen LogP) is 4.67. The molecule has 156 valence electrons. The number of primary amides is 1. The average Bonchev–Trinajstić information content (AvgIpc) is 3.25. The molecular weight excluding hydrogens is 428 g/mol. The van der Waals surface area contributed by atoms with Crippen molar-refractivity contribution in [1.29, 1.82) is 0 Å². The molecule has 0 unspecified atom stereocenters. The topological polar surface area (TPSA) is 111 Å². The second-order valence-corrected chi connectivity index (χ2v) is 9.79. The van der Waals surface area contributed by atoms with Gasteiger partial charge in [0.05, 0.1) is 11.3 Å². The highest BCUT2D eigenvalue weighted by atomic mass is 32.1. The third kappa shape index (κ3) is 3.10. The van der Waals surface area contributed by atoms with Crippen LogP contribution in [0.15, 0.2) is 30.3 Å². The number of thiophene rings is 2. The third-order valence-electron chi connectivity index (χ3n) is 5.59. The van der Waals surface area contributed by atoms with E-state index in [9.17, 15) is 9.59 Å². The van der Waals surface area contributed by atoms with Gasteiger partial charge in [-0.3, -0.25) is 9.59 Å². The summed E-state index contributed by atoms with van der Waals surface area (Å²) in [5.41, 5.74) is 17.8. The van der Waals surface area contributed by atoms with E-state index in [1.807, 2.05) is 38.1 Å². The van der Waals surface area contributed by atoms with E-state index in [1.165, 1.54) is 28.2 Å². The normalized spacial score (nSPS) is 12.5. The minimum atomic E-state index is -0.554. The van der Waals surface area contributed by atoms with Crippen LogP contribution in [-0.2, 0) is 12.8 Å². The number of hydrogen-bond donors (Lipinski definition) is 3. The predicted molar refractivity (Wildman–Crippen MR) is 127 cm³/mol. The van der Waals surface area contributed by atoms with Crippen LogP contribution in [0.25, 0.3) is 21.3 Å². The molecule has 5 rings (SSSR count). The Morgan fingerprint density at radius 2 is 1.90 bits per heavy atom. The van der Waals surface area contributed by atoms with Crippen LogP contribution in [0.4, 0.5) is 10.7 Å². The lowest BCUT2D eigenvalue weighted by atomic mass is 9.88. The maximum Gasteiger partial charge on any atom is 0.268 e. The number of nitrogens with one attached hydrogen (secondary N) is 1. The average molecular weight is 449 g/mol. The molecule has 4 aromatic rings. The van der Waals surface area contributed by atoms with Gasteiger partial charge in [-0.2, -0.15) is 0 Å². The number of benzene rings is 1. The number of nitrogen functional groups attached to an aromatic ring is 1. The number of fused-ring (bicyclic) bond motifs is 4. The summed E-state index contributed by atoms with van der Waals surface area (Å²) in [6.45, 7) is 3.87. The van der Waals surface area contributed by atoms with Gasteiger partial charge in [0.1, 0.15) is 14.7 Å². The summed E-state index contributed by atoms with van der Waals surface area (Å²) < 4.78 is 0. The van der Waals surface area contributed by atoms with Gasteiger partial charge in [0.2, 0.25) is 0 Å². The van der Waals surface area contributed by atoms with Gasteiger partial charge in [0, 0.05) is 21.5 Å². The molecule has 31 heavy (non-hydrogen) atoms. The molecule has 0 saturated heterocycles. The maximum absolute atomic E-state index is 13.2. The van der Waals surface area contributed by atoms with E-state index < -0.39 is 5.91 Å². The van der Waals surface area contributed by atoms with Crippen molar-refractivity contribution in [3.63, 3.8) is 0 Å². The number of anilines is 2. The van der Waals surface area contributed by atoms with Crippen LogP contribution in [-0.4, -0.2) is 16.8 Å². The van der Waals surface area contributed by atoms with E-state index in [2.05, 4.69) is 16.4 Å². The van der Waals surface area contributed by atoms with Crippen molar-refractivity contribution in [2.45, 2.75) is 26.7 Å². The van der Waals surface area contributed by atoms with Gasteiger partial charge in [-0.1, -0.05) is 24.3 Å². The third-order valence-corrected chi connectivity index (χ3v) is 7.86. The number of carbonyl (C=O) groups excluding carboxylic acids is 2. The molecule has 2 amide bonds. The summed E-state index contributed by atoms with van der Waals surface area (Å²) in [7, 11) is 0. The molecule has 6 nitrogen and oxygen atoms in total. The second kappa shape index (κ2) is 7.18. The molecule has 0 saturated carbocycles. The number of nitrogens with zero attached hydrogens (tertiary/aromatic N) is 1. The number of aromatic nitrogens is 1. The molecule has 0 atom stereocenters. The van der Waals surface area contributed by atoms with Gasteiger partial charge in [-0.05, 0) is 49.4 Å². The molecular formula is C23H20N4O2S2. The van der Waals surface area contributed by atoms with Crippen molar-refractivity contribution in [2.24, 2.45) is 5.73 Å². The van der Waals surface area contributed by atoms with Crippen LogP contribution in [0.2, 0.25) is 0 Å². The van der Waals surface area contributed by atoms with Crippen LogP contribution >= 0.6 is 22.7 Å². The first-order chi connectivity index (χ1) is 14.8. The SMILES string of the molecule is Cc1cc(C)c2c(N)c(C(=O)Nc3sc4c(c3C(N)=O)-c3ccccc3CC4)sc2n1. The highest BCUT2D eigenvalue weighted by Crippen LogP contribution is 2.45. The largest absolute Gasteiger partial charge is 0.397 e. The van der Waals surface area contributed by atoms with Crippen LogP contribution in [0.5, 0.6) is 0 Å². The lowest BCUT2D eigenvalue weighted by Crippen LogP contribution is -2.18. The van der Waals surface area contributed by atoms with Crippen LogP contribution < -0.4 is 16.8 Å². The Morgan fingerprint density at radius 1 is 1.13 bits per heavy atom. The van der Waals surface area contributed by atoms with Crippen molar-refractivity contribution in [3.05, 3.63) is 62.5 Å². The fraction of sp³-hybridized carbons (Fsp3) is 0.174. The molecule has 0 fully saturated rings. The zero-order chi connectivity index (χ0) is 21.9. The fourth-order valence-corrected chi connectivity index (χ4v) is 6.62. The molecule has 0 bridgehead atoms. The maximum atomic E-state index is 13.2. The van der Waals surface area contributed by atoms with Gasteiger partial charge in [0.25, 0.3) is 11.8 Å². The smallest absolute Gasteiger partial charge is 0.268 e. The van der Waals surface area contributed by atoms with E-state index in [1.54, 1.807) is 0 Å². The Bertz CT molecular complexity index is 1400. The number of hydrogen-bond acceptors (Lipinski definition) is 6. The van der Waals surface area contributed by atoms with Crippen molar-refractivity contribution < 1.29 is 9.59 Å². The van der Waals surface area contributed by atoms with Crippen LogP contribution in [0.3, 0.4) is 0 Å². The van der Waals surface area contributed by atoms with E-state index in [0.29, 0.717) is 21.1 Å². The molecule has 0 radical (unpaired) electrons. The Morgan fingerprint density at radius 3 is 2.68 bits per heavy atom. The molecule has 0 aliphatic heterocycles. The van der Waals surface area contributed by atoms with Gasteiger partial charge in [-0.15, -0.1) is 22.7 Å². The lowest BCUT2D eigenvalue weighted by Gasteiger charge is -2.16. The van der Waals surface area contributed by atoms with E-state index in [-0.39, 0.29) is 5.91 Å². The minimum absolute atomic E-state index is 0.355. The monoisotopic (exact) mass is 448 g/mol. The molecule has 1 aromatic carbocycles. The number of rotatable bonds is 3. The van der Waals surface area contributed by atoms with Crippen LogP contribution in [0, 0.1) is 13.8 Å². The zero-order valence-electron chi connectivity index (χ0n) is 17.0. The fourth-order valence-electron chi connectivity index (χ4n) is 4.29. The summed E-state index contributed by atoms with van der Waals surface area (Å²) in [6, 6.07) is 9.95. The molecule has 3 aromatic heterocycles. The summed E-state index contributed by atoms with van der Waals surface area (Å²) in [6.07, 6.45) is 1.70. The number of nitrogens with two attached hydrogens (primary N) is 2. The Hall–Kier alpha value is -3.23. The van der Waals surface area contributed by atoms with Crippen molar-refractivity contribution in [2.75, 3.05) is 11.1 Å². The molecule has 8 heteroatoms. The summed E-state index contributed by atoms with van der Waals surface area (Å²) in [4.78, 5) is 32.3. The standard InChI is InChI=1S/C23H20N4O2S2/c1-10-9-11(2)26-22-15(10)18(24)19(31-22)21(29)27-23-17(20(25)28)16-13-6-4-3-5-12(13)7-8-14(16)30-23/h3-6,9H,7-8,24H2,1-2H3,(H2,25,28)(H,27,29). The van der Waals surface area contributed by atoms with Gasteiger partial charge < -0.3 is 16.8 Å². The highest BCUT2D eigenvalue weighted by molar-refractivity contribution is 7.21. The Balaban J connectivity index is 1.59. The van der Waals surface area contributed by atoms with Crippen molar-refractivity contribution in [1.82, 2.24) is 4.98 Å².